The minimum Gasteiger partial charge on any atom is -0.450 e. The van der Waals surface area contributed by atoms with E-state index in [2.05, 4.69) is 5.32 Å². The first-order valence-electron chi connectivity index (χ1n) is 5.85. The van der Waals surface area contributed by atoms with Gasteiger partial charge in [0.1, 0.15) is 0 Å². The van der Waals surface area contributed by atoms with Gasteiger partial charge in [-0.3, -0.25) is 5.32 Å². The summed E-state index contributed by atoms with van der Waals surface area (Å²) in [6.07, 6.45) is -0.449. The summed E-state index contributed by atoms with van der Waals surface area (Å²) in [5.74, 6) is 0. The molecule has 0 bridgehead atoms. The van der Waals surface area contributed by atoms with Gasteiger partial charge >= 0.3 is 6.09 Å². The van der Waals surface area contributed by atoms with Crippen molar-refractivity contribution in [1.29, 1.82) is 0 Å². The monoisotopic (exact) mass is 253 g/mol. The van der Waals surface area contributed by atoms with Crippen LogP contribution in [0.2, 0.25) is 0 Å². The molecule has 0 saturated heterocycles. The Morgan fingerprint density at radius 3 is 2.89 bits per heavy atom. The van der Waals surface area contributed by atoms with Gasteiger partial charge in [-0.05, 0) is 24.6 Å². The van der Waals surface area contributed by atoms with Gasteiger partial charge in [-0.25, -0.2) is 4.79 Å². The van der Waals surface area contributed by atoms with Gasteiger partial charge in [-0.2, -0.15) is 0 Å². The van der Waals surface area contributed by atoms with Gasteiger partial charge in [-0.1, -0.05) is 12.1 Å². The molecule has 0 aliphatic carbocycles. The molecule has 1 amide bonds. The fourth-order valence-corrected chi connectivity index (χ4v) is 1.36. The summed E-state index contributed by atoms with van der Waals surface area (Å²) in [6.45, 7) is 3.72. The Bertz CT molecular complexity index is 368. The molecule has 100 valence electrons. The van der Waals surface area contributed by atoms with E-state index in [-0.39, 0.29) is 0 Å². The van der Waals surface area contributed by atoms with E-state index in [0.717, 1.165) is 5.56 Å². The van der Waals surface area contributed by atoms with Crippen molar-refractivity contribution in [3.05, 3.63) is 29.8 Å². The van der Waals surface area contributed by atoms with Crippen LogP contribution in [0, 0.1) is 0 Å². The largest absolute Gasteiger partial charge is 0.450 e. The number of anilines is 1. The Labute approximate surface area is 107 Å². The fraction of sp³-hybridized carbons (Fsp3) is 0.462. The van der Waals surface area contributed by atoms with Gasteiger partial charge in [0, 0.05) is 12.8 Å². The molecule has 0 heterocycles. The lowest BCUT2D eigenvalue weighted by Crippen LogP contribution is -2.13. The number of carbonyl (C=O) groups excluding carboxylic acids is 1. The molecule has 0 radical (unpaired) electrons. The number of nitrogens with one attached hydrogen (secondary N) is 1. The van der Waals surface area contributed by atoms with Gasteiger partial charge < -0.3 is 14.2 Å². The standard InChI is InChI=1S/C13H19NO4/c1-3-18-13(15)14-12-6-4-5-11(9-12)10-17-8-7-16-2/h4-6,9H,3,7-8,10H2,1-2H3,(H,14,15). The smallest absolute Gasteiger partial charge is 0.411 e. The highest BCUT2D eigenvalue weighted by Crippen LogP contribution is 2.11. The molecule has 0 aliphatic rings. The molecule has 0 spiro atoms. The highest BCUT2D eigenvalue weighted by Gasteiger charge is 2.02. The number of amides is 1. The van der Waals surface area contributed by atoms with Gasteiger partial charge in [0.25, 0.3) is 0 Å². The zero-order valence-electron chi connectivity index (χ0n) is 10.8. The van der Waals surface area contributed by atoms with Crippen molar-refractivity contribution in [3.8, 4) is 0 Å². The maximum absolute atomic E-state index is 11.2. The molecule has 0 unspecified atom stereocenters. The van der Waals surface area contributed by atoms with Gasteiger partial charge in [-0.15, -0.1) is 0 Å². The third-order valence-corrected chi connectivity index (χ3v) is 2.15. The molecular weight excluding hydrogens is 234 g/mol. The summed E-state index contributed by atoms with van der Waals surface area (Å²) >= 11 is 0. The molecule has 0 aromatic heterocycles. The first-order valence-corrected chi connectivity index (χ1v) is 5.85. The van der Waals surface area contributed by atoms with E-state index in [1.165, 1.54) is 0 Å². The third kappa shape index (κ3) is 5.65. The van der Waals surface area contributed by atoms with Crippen molar-refractivity contribution >= 4 is 11.8 Å². The average molecular weight is 253 g/mol. The molecule has 1 rings (SSSR count). The van der Waals surface area contributed by atoms with Crippen molar-refractivity contribution in [1.82, 2.24) is 0 Å². The predicted octanol–water partition coefficient (Wildman–Crippen LogP) is 2.42. The van der Waals surface area contributed by atoms with E-state index in [0.29, 0.717) is 32.1 Å². The summed E-state index contributed by atoms with van der Waals surface area (Å²) in [7, 11) is 1.63. The molecule has 1 N–H and O–H groups in total. The normalized spacial score (nSPS) is 10.1. The van der Waals surface area contributed by atoms with Crippen LogP contribution in [0.3, 0.4) is 0 Å². The van der Waals surface area contributed by atoms with Crippen molar-refractivity contribution in [2.24, 2.45) is 0 Å². The summed E-state index contributed by atoms with van der Waals surface area (Å²) in [5.41, 5.74) is 1.68. The predicted molar refractivity (Wildman–Crippen MR) is 68.6 cm³/mol. The molecule has 5 heteroatoms. The van der Waals surface area contributed by atoms with Gasteiger partial charge in [0.05, 0.1) is 26.4 Å². The number of benzene rings is 1. The molecule has 1 aromatic carbocycles. The quantitative estimate of drug-likeness (QED) is 0.758. The Kier molecular flexibility index (Phi) is 6.83. The minimum absolute atomic E-state index is 0.353. The molecule has 1 aromatic rings. The van der Waals surface area contributed by atoms with E-state index in [1.807, 2.05) is 18.2 Å². The Morgan fingerprint density at radius 1 is 1.33 bits per heavy atom. The van der Waals surface area contributed by atoms with Crippen LogP contribution >= 0.6 is 0 Å². The number of hydrogen-bond acceptors (Lipinski definition) is 4. The summed E-state index contributed by atoms with van der Waals surface area (Å²) in [5, 5.41) is 2.64. The number of rotatable bonds is 7. The van der Waals surface area contributed by atoms with Crippen LogP contribution in [0.5, 0.6) is 0 Å². The van der Waals surface area contributed by atoms with Crippen molar-refractivity contribution in [2.75, 3.05) is 32.2 Å². The van der Waals surface area contributed by atoms with E-state index in [1.54, 1.807) is 20.1 Å². The Morgan fingerprint density at radius 2 is 2.17 bits per heavy atom. The van der Waals surface area contributed by atoms with Crippen LogP contribution in [0.1, 0.15) is 12.5 Å². The van der Waals surface area contributed by atoms with Crippen LogP contribution in [0.15, 0.2) is 24.3 Å². The SMILES string of the molecule is CCOC(=O)Nc1cccc(COCCOC)c1. The lowest BCUT2D eigenvalue weighted by molar-refractivity contribution is 0.0617. The average Bonchev–Trinajstić information content (AvgIpc) is 2.35. The molecule has 5 nitrogen and oxygen atoms in total. The van der Waals surface area contributed by atoms with Crippen LogP contribution < -0.4 is 5.32 Å². The van der Waals surface area contributed by atoms with Crippen LogP contribution in [0.4, 0.5) is 10.5 Å². The van der Waals surface area contributed by atoms with Crippen molar-refractivity contribution in [2.45, 2.75) is 13.5 Å². The molecular formula is C13H19NO4. The minimum atomic E-state index is -0.449. The fourth-order valence-electron chi connectivity index (χ4n) is 1.36. The molecule has 0 aliphatic heterocycles. The highest BCUT2D eigenvalue weighted by molar-refractivity contribution is 5.84. The second-order valence-electron chi connectivity index (χ2n) is 3.59. The van der Waals surface area contributed by atoms with Crippen molar-refractivity contribution < 1.29 is 19.0 Å². The molecule has 0 saturated carbocycles. The van der Waals surface area contributed by atoms with Gasteiger partial charge in [0.15, 0.2) is 0 Å². The number of ether oxygens (including phenoxy) is 3. The van der Waals surface area contributed by atoms with E-state index in [9.17, 15) is 4.79 Å². The lowest BCUT2D eigenvalue weighted by Gasteiger charge is -2.08. The lowest BCUT2D eigenvalue weighted by atomic mass is 10.2. The van der Waals surface area contributed by atoms with E-state index < -0.39 is 6.09 Å². The van der Waals surface area contributed by atoms with Crippen LogP contribution in [-0.4, -0.2) is 33.0 Å². The molecule has 0 atom stereocenters. The maximum Gasteiger partial charge on any atom is 0.411 e. The van der Waals surface area contributed by atoms with E-state index >= 15 is 0 Å². The number of carbonyl (C=O) groups is 1. The zero-order chi connectivity index (χ0) is 13.2. The Hall–Kier alpha value is -1.59. The number of hydrogen-bond donors (Lipinski definition) is 1. The Balaban J connectivity index is 2.43. The van der Waals surface area contributed by atoms with Crippen LogP contribution in [-0.2, 0) is 20.8 Å². The third-order valence-electron chi connectivity index (χ3n) is 2.15. The van der Waals surface area contributed by atoms with Gasteiger partial charge in [0.2, 0.25) is 0 Å². The highest BCUT2D eigenvalue weighted by atomic mass is 16.5. The van der Waals surface area contributed by atoms with Crippen molar-refractivity contribution in [3.63, 3.8) is 0 Å². The molecule has 18 heavy (non-hydrogen) atoms. The maximum atomic E-state index is 11.2. The second-order valence-corrected chi connectivity index (χ2v) is 3.59. The first kappa shape index (κ1) is 14.5. The zero-order valence-corrected chi connectivity index (χ0v) is 10.8. The summed E-state index contributed by atoms with van der Waals surface area (Å²) in [6, 6.07) is 7.44. The molecule has 0 fully saturated rings. The summed E-state index contributed by atoms with van der Waals surface area (Å²) < 4.78 is 15.1. The topological polar surface area (TPSA) is 56.8 Å². The van der Waals surface area contributed by atoms with E-state index in [4.69, 9.17) is 14.2 Å². The number of methoxy groups -OCH3 is 1. The van der Waals surface area contributed by atoms with Crippen LogP contribution in [0.25, 0.3) is 0 Å². The first-order chi connectivity index (χ1) is 8.76. The second kappa shape index (κ2) is 8.49. The summed E-state index contributed by atoms with van der Waals surface area (Å²) in [4.78, 5) is 11.2.